The van der Waals surface area contributed by atoms with Gasteiger partial charge in [0.15, 0.2) is 0 Å². The largest absolute Gasteiger partial charge is 0.461 e. The van der Waals surface area contributed by atoms with Crippen LogP contribution < -0.4 is 0 Å². The van der Waals surface area contributed by atoms with Crippen molar-refractivity contribution in [1.82, 2.24) is 19.6 Å². The number of nitrogens with zero attached hydrogens (tertiary/aromatic N) is 8. The van der Waals surface area contributed by atoms with Crippen LogP contribution in [0.3, 0.4) is 0 Å². The van der Waals surface area contributed by atoms with Gasteiger partial charge in [0.2, 0.25) is 13.1 Å². The number of likely N-dealkylation sites (tertiary alicyclic amines) is 4. The Morgan fingerprint density at radius 3 is 0.863 bits per heavy atom. The van der Waals surface area contributed by atoms with Gasteiger partial charge in [0, 0.05) is 76.0 Å². The first-order chi connectivity index (χ1) is 48.7. The van der Waals surface area contributed by atoms with E-state index >= 15 is 0 Å². The molecular formula is C82H160N8O10P2+2. The molecule has 0 N–H and O–H groups in total. The van der Waals surface area contributed by atoms with Crippen LogP contribution in [0.2, 0.25) is 0 Å². The normalized spacial score (nSPS) is 21.9. The molecule has 4 saturated heterocycles. The highest BCUT2D eigenvalue weighted by atomic mass is 31.2. The summed E-state index contributed by atoms with van der Waals surface area (Å²) < 4.78 is 38.6. The summed E-state index contributed by atoms with van der Waals surface area (Å²) in [4.78, 5) is 62.5. The maximum absolute atomic E-state index is 11.7. The summed E-state index contributed by atoms with van der Waals surface area (Å²) in [6.07, 6.45) is 36.5. The third kappa shape index (κ3) is 38.7. The van der Waals surface area contributed by atoms with Crippen LogP contribution >= 0.6 is 17.1 Å². The lowest BCUT2D eigenvalue weighted by molar-refractivity contribution is -0.842. The highest BCUT2D eigenvalue weighted by Gasteiger charge is 2.48. The minimum Gasteiger partial charge on any atom is -0.461 e. The van der Waals surface area contributed by atoms with Crippen LogP contribution in [0.5, 0.6) is 0 Å². The second-order valence-corrected chi connectivity index (χ2v) is 35.0. The molecule has 0 saturated carbocycles. The zero-order valence-electron chi connectivity index (χ0n) is 69.6. The average Bonchev–Trinajstić information content (AvgIpc) is 1.09. The summed E-state index contributed by atoms with van der Waals surface area (Å²) in [5.74, 6) is -0.355. The molecule has 20 heteroatoms. The number of carbonyl (C=O) groups excluding carboxylic acids is 4. The van der Waals surface area contributed by atoms with E-state index in [0.29, 0.717) is 87.5 Å². The molecule has 596 valence electrons. The molecule has 102 heavy (non-hydrogen) atoms. The predicted molar refractivity (Wildman–Crippen MR) is 427 cm³/mol. The fraction of sp³-hybridized carbons (Fsp3) is 0.927. The van der Waals surface area contributed by atoms with Gasteiger partial charge in [0.05, 0.1) is 63.3 Å². The molecule has 0 spiro atoms. The molecule has 2 unspecified atom stereocenters. The third-order valence-electron chi connectivity index (χ3n) is 22.2. The zero-order valence-corrected chi connectivity index (χ0v) is 71.4. The van der Waals surface area contributed by atoms with E-state index in [-0.39, 0.29) is 60.8 Å². The summed E-state index contributed by atoms with van der Waals surface area (Å²) >= 11 is 0. The highest BCUT2D eigenvalue weighted by molar-refractivity contribution is 7.41. The Kier molecular flexibility index (Phi) is 55.4. The number of esters is 2. The van der Waals surface area contributed by atoms with Gasteiger partial charge in [0.1, 0.15) is 37.0 Å². The second-order valence-electron chi connectivity index (χ2n) is 31.4. The summed E-state index contributed by atoms with van der Waals surface area (Å²) in [7, 11) is 2.31. The van der Waals surface area contributed by atoms with Gasteiger partial charge in [-0.2, -0.15) is 0 Å². The molecule has 4 rings (SSSR count). The van der Waals surface area contributed by atoms with Crippen molar-refractivity contribution in [3.8, 4) is 0 Å². The monoisotopic (exact) mass is 1480 g/mol. The molecule has 4 heterocycles. The number of quaternary nitrogens is 2. The van der Waals surface area contributed by atoms with E-state index in [1.54, 1.807) is 0 Å². The van der Waals surface area contributed by atoms with E-state index in [1.807, 2.05) is 0 Å². The Morgan fingerprint density at radius 1 is 0.392 bits per heavy atom. The predicted octanol–water partition coefficient (Wildman–Crippen LogP) is 19.9. The molecule has 0 aromatic heterocycles. The van der Waals surface area contributed by atoms with Crippen molar-refractivity contribution in [3.05, 3.63) is 22.8 Å². The first-order valence-corrected chi connectivity index (χ1v) is 43.9. The Hall–Kier alpha value is -2.28. The molecule has 4 aliphatic rings. The Morgan fingerprint density at radius 2 is 0.637 bits per heavy atom. The zero-order chi connectivity index (χ0) is 76.5. The minimum atomic E-state index is -1.10. The third-order valence-corrected chi connectivity index (χ3v) is 27.2. The van der Waals surface area contributed by atoms with Crippen molar-refractivity contribution in [2.24, 2.45) is 0 Å². The maximum Gasteiger partial charge on any atom is 0.419 e. The van der Waals surface area contributed by atoms with Gasteiger partial charge in [-0.1, -0.05) is 158 Å². The number of rotatable bonds is 52. The Balaban J connectivity index is 0.000000686. The molecule has 4 fully saturated rings. The van der Waals surface area contributed by atoms with Gasteiger partial charge in [-0.05, 0) is 160 Å². The lowest BCUT2D eigenvalue weighted by atomic mass is 10.1. The molecule has 4 aliphatic heterocycles. The lowest BCUT2D eigenvalue weighted by Crippen LogP contribution is -2.51. The van der Waals surface area contributed by atoms with Gasteiger partial charge in [0.25, 0.3) is 0 Å². The van der Waals surface area contributed by atoms with Gasteiger partial charge in [-0.15, -0.1) is 0 Å². The fourth-order valence-electron chi connectivity index (χ4n) is 14.6. The molecule has 0 bridgehead atoms. The summed E-state index contributed by atoms with van der Waals surface area (Å²) in [5.41, 5.74) is 0. The van der Waals surface area contributed by atoms with Crippen LogP contribution in [0.1, 0.15) is 330 Å². The topological polar surface area (TPSA) is 145 Å². The summed E-state index contributed by atoms with van der Waals surface area (Å²) in [5, 5.41) is 0. The van der Waals surface area contributed by atoms with E-state index in [1.165, 1.54) is 168 Å². The van der Waals surface area contributed by atoms with Crippen molar-refractivity contribution in [2.45, 2.75) is 403 Å². The van der Waals surface area contributed by atoms with Crippen molar-refractivity contribution in [3.63, 3.8) is 0 Å². The molecule has 0 radical (unpaired) electrons. The van der Waals surface area contributed by atoms with Crippen LogP contribution in [-0.2, 0) is 46.7 Å². The van der Waals surface area contributed by atoms with E-state index < -0.39 is 17.1 Å². The number of carbonyl (C=O) groups is 4. The van der Waals surface area contributed by atoms with Crippen LogP contribution in [0.15, 0.2) is 0 Å². The van der Waals surface area contributed by atoms with Gasteiger partial charge in [-0.3, -0.25) is 55.8 Å². The standard InChI is InChI=1S/2C23H47N3O2P.2C18H33NO3/c2*1-9-11-12-13-14-16-25-19-23(18-22(25)10-2)28-29(27-17-15-24-7)26(8,20(3)4)21(5)6;2*1-4-6-7-8-9-12-19-14-17(13-16(19)5-2)22-18(21)11-10-15(3)20/h2*20-23H,9-19H2,1-6,8H3;2*16-17H,4-14H2,1-3H3/q2*+1;;/t22-,23+,29?;22-,23-,29?;16-,17+;16-,17-/m1111/s1. The van der Waals surface area contributed by atoms with Gasteiger partial charge < -0.3 is 28.8 Å². The molecule has 18 nitrogen and oxygen atoms in total. The number of Topliss-reactive ketones (excluding diaryl/α,β-unsaturated/α-hetero) is 2. The van der Waals surface area contributed by atoms with Crippen LogP contribution in [0, 0.1) is 13.1 Å². The quantitative estimate of drug-likeness (QED) is 0.0246. The number of ketones is 2. The van der Waals surface area contributed by atoms with Gasteiger partial charge >= 0.3 is 29.0 Å². The highest BCUT2D eigenvalue weighted by Crippen LogP contribution is 2.55. The van der Waals surface area contributed by atoms with E-state index in [4.69, 9.17) is 40.7 Å². The minimum absolute atomic E-state index is 0.0139. The Labute approximate surface area is 630 Å². The molecule has 0 aliphatic carbocycles. The lowest BCUT2D eigenvalue weighted by Gasteiger charge is -2.44. The summed E-state index contributed by atoms with van der Waals surface area (Å²) in [6, 6.07) is 3.97. The molecule has 0 aromatic carbocycles. The molecule has 0 amide bonds. The van der Waals surface area contributed by atoms with Crippen LogP contribution in [0.4, 0.5) is 0 Å². The number of ether oxygens (including phenoxy) is 2. The second kappa shape index (κ2) is 57.8. The van der Waals surface area contributed by atoms with Gasteiger partial charge in [-0.25, -0.2) is 13.1 Å². The number of hydrogen-bond acceptors (Lipinski definition) is 14. The van der Waals surface area contributed by atoms with Crippen molar-refractivity contribution >= 4 is 40.6 Å². The molecule has 0 aromatic rings. The van der Waals surface area contributed by atoms with Crippen molar-refractivity contribution < 1.29 is 55.3 Å². The first kappa shape index (κ1) is 97.7. The van der Waals surface area contributed by atoms with Crippen LogP contribution in [-0.4, -0.2) is 217 Å². The van der Waals surface area contributed by atoms with E-state index in [0.717, 1.165) is 86.3 Å². The van der Waals surface area contributed by atoms with E-state index in [2.05, 4.69) is 154 Å². The van der Waals surface area contributed by atoms with Crippen molar-refractivity contribution in [1.29, 1.82) is 0 Å². The fourth-order valence-corrected chi connectivity index (χ4v) is 18.5. The smallest absolute Gasteiger partial charge is 0.419 e. The number of unbranched alkanes of at least 4 members (excludes halogenated alkanes) is 16. The number of hydrogen-bond donors (Lipinski definition) is 0. The average molecular weight is 1480 g/mol. The van der Waals surface area contributed by atoms with Crippen molar-refractivity contribution in [2.75, 3.05) is 92.8 Å². The first-order valence-electron chi connectivity index (χ1n) is 41.7. The Bertz CT molecular complexity index is 2090. The SMILES string of the molecule is CCCCCCCN1C[C@@H](OC(=O)CCC(C)=O)C[C@H]1CC.CCCCCCCN1C[C@H](OC(=O)CCC(C)=O)C[C@H]1CC.[C-]#[N+]CCOP(O[C@@H]1C[C@@H](CC)N(CCCCCCC)C1)[N+](C)(C(C)C)C(C)C.[C-]#[N+]CCOP(O[C@H]1C[C@@H](CC)N(CCCCCCC)C1)[N+](C)(C(C)C)C(C)C. The summed E-state index contributed by atoms with van der Waals surface area (Å²) in [6.45, 7) is 63.3. The maximum atomic E-state index is 11.7. The van der Waals surface area contributed by atoms with Crippen LogP contribution in [0.25, 0.3) is 9.69 Å². The van der Waals surface area contributed by atoms with E-state index in [9.17, 15) is 19.2 Å². The molecular weight excluding hydrogens is 1320 g/mol. The molecule has 10 atom stereocenters.